The zero-order valence-electron chi connectivity index (χ0n) is 12.4. The molecule has 0 radical (unpaired) electrons. The van der Waals surface area contributed by atoms with Crippen LogP contribution in [0.5, 0.6) is 5.75 Å². The molecule has 1 amide bonds. The molecule has 2 aromatic rings. The van der Waals surface area contributed by atoms with E-state index in [1.807, 2.05) is 31.2 Å². The fourth-order valence-corrected chi connectivity index (χ4v) is 1.86. The average molecular weight is 299 g/mol. The molecule has 0 bridgehead atoms. The maximum Gasteiger partial charge on any atom is 0.244 e. The topological polar surface area (TPSA) is 38.3 Å². The average Bonchev–Trinajstić information content (AvgIpc) is 2.54. The molecule has 0 atom stereocenters. The lowest BCUT2D eigenvalue weighted by molar-refractivity contribution is -0.116. The molecule has 0 spiro atoms. The Morgan fingerprint density at radius 2 is 1.82 bits per heavy atom. The molecule has 2 aromatic carbocycles. The lowest BCUT2D eigenvalue weighted by Gasteiger charge is -2.03. The third-order valence-corrected chi connectivity index (χ3v) is 3.00. The molecule has 4 heteroatoms. The van der Waals surface area contributed by atoms with E-state index >= 15 is 0 Å². The van der Waals surface area contributed by atoms with Crippen LogP contribution in [0.3, 0.4) is 0 Å². The minimum Gasteiger partial charge on any atom is -0.494 e. The molecule has 0 aliphatic rings. The van der Waals surface area contributed by atoms with Crippen LogP contribution in [-0.2, 0) is 11.3 Å². The number of amides is 1. The van der Waals surface area contributed by atoms with E-state index in [1.54, 1.807) is 18.2 Å². The van der Waals surface area contributed by atoms with E-state index in [-0.39, 0.29) is 11.7 Å². The normalized spacial score (nSPS) is 10.6. The van der Waals surface area contributed by atoms with E-state index in [1.165, 1.54) is 18.2 Å². The summed E-state index contributed by atoms with van der Waals surface area (Å²) in [5, 5.41) is 2.75. The van der Waals surface area contributed by atoms with E-state index in [4.69, 9.17) is 4.74 Å². The highest BCUT2D eigenvalue weighted by Gasteiger charge is 1.98. The number of benzene rings is 2. The van der Waals surface area contributed by atoms with Gasteiger partial charge in [-0.25, -0.2) is 4.39 Å². The predicted molar refractivity (Wildman–Crippen MR) is 84.9 cm³/mol. The first-order chi connectivity index (χ1) is 10.7. The van der Waals surface area contributed by atoms with Crippen LogP contribution in [0.4, 0.5) is 4.39 Å². The second-order valence-corrected chi connectivity index (χ2v) is 4.68. The number of hydrogen-bond donors (Lipinski definition) is 1. The van der Waals surface area contributed by atoms with Crippen molar-refractivity contribution in [2.75, 3.05) is 6.61 Å². The molecular formula is C18H18FNO2. The number of carbonyl (C=O) groups is 1. The molecule has 0 saturated heterocycles. The van der Waals surface area contributed by atoms with Crippen molar-refractivity contribution in [3.8, 4) is 5.75 Å². The summed E-state index contributed by atoms with van der Waals surface area (Å²) in [5.41, 5.74) is 1.77. The largest absolute Gasteiger partial charge is 0.494 e. The van der Waals surface area contributed by atoms with Crippen LogP contribution in [0.1, 0.15) is 18.1 Å². The summed E-state index contributed by atoms with van der Waals surface area (Å²) in [6, 6.07) is 13.5. The van der Waals surface area contributed by atoms with Gasteiger partial charge in [0.1, 0.15) is 11.6 Å². The van der Waals surface area contributed by atoms with Crippen LogP contribution >= 0.6 is 0 Å². The van der Waals surface area contributed by atoms with Gasteiger partial charge in [-0.1, -0.05) is 24.3 Å². The Labute approximate surface area is 129 Å². The van der Waals surface area contributed by atoms with Crippen molar-refractivity contribution in [1.29, 1.82) is 0 Å². The minimum atomic E-state index is -0.287. The van der Waals surface area contributed by atoms with Crippen molar-refractivity contribution in [3.63, 3.8) is 0 Å². The van der Waals surface area contributed by atoms with Gasteiger partial charge in [-0.2, -0.15) is 0 Å². The van der Waals surface area contributed by atoms with Gasteiger partial charge in [0, 0.05) is 12.6 Å². The lowest BCUT2D eigenvalue weighted by atomic mass is 10.2. The molecule has 0 unspecified atom stereocenters. The van der Waals surface area contributed by atoms with Gasteiger partial charge in [0.05, 0.1) is 6.61 Å². The van der Waals surface area contributed by atoms with E-state index in [0.717, 1.165) is 16.9 Å². The van der Waals surface area contributed by atoms with Gasteiger partial charge in [-0.3, -0.25) is 4.79 Å². The second kappa shape index (κ2) is 7.98. The van der Waals surface area contributed by atoms with Crippen molar-refractivity contribution in [3.05, 3.63) is 71.6 Å². The second-order valence-electron chi connectivity index (χ2n) is 4.68. The summed E-state index contributed by atoms with van der Waals surface area (Å²) in [5.74, 6) is 0.323. The van der Waals surface area contributed by atoms with Gasteiger partial charge in [0.2, 0.25) is 5.91 Å². The number of rotatable bonds is 6. The Bertz CT molecular complexity index is 633. The molecule has 22 heavy (non-hydrogen) atoms. The fraction of sp³-hybridized carbons (Fsp3) is 0.167. The van der Waals surface area contributed by atoms with Gasteiger partial charge in [0.25, 0.3) is 0 Å². The van der Waals surface area contributed by atoms with E-state index in [2.05, 4.69) is 5.32 Å². The first kappa shape index (κ1) is 15.8. The minimum absolute atomic E-state index is 0.196. The number of halogens is 1. The van der Waals surface area contributed by atoms with Crippen molar-refractivity contribution in [2.45, 2.75) is 13.5 Å². The first-order valence-electron chi connectivity index (χ1n) is 7.10. The lowest BCUT2D eigenvalue weighted by Crippen LogP contribution is -2.20. The summed E-state index contributed by atoms with van der Waals surface area (Å²) in [6.45, 7) is 2.92. The van der Waals surface area contributed by atoms with Gasteiger partial charge in [0.15, 0.2) is 0 Å². The van der Waals surface area contributed by atoms with Gasteiger partial charge >= 0.3 is 0 Å². The van der Waals surface area contributed by atoms with Crippen LogP contribution in [0.2, 0.25) is 0 Å². The molecule has 0 fully saturated rings. The van der Waals surface area contributed by atoms with Crippen molar-refractivity contribution >= 4 is 12.0 Å². The van der Waals surface area contributed by atoms with Gasteiger partial charge in [-0.05, 0) is 48.4 Å². The monoisotopic (exact) mass is 299 g/mol. The number of hydrogen-bond acceptors (Lipinski definition) is 2. The van der Waals surface area contributed by atoms with Crippen LogP contribution in [0, 0.1) is 5.82 Å². The van der Waals surface area contributed by atoms with E-state index < -0.39 is 0 Å². The highest BCUT2D eigenvalue weighted by atomic mass is 19.1. The molecule has 3 nitrogen and oxygen atoms in total. The highest BCUT2D eigenvalue weighted by molar-refractivity contribution is 5.91. The third kappa shape index (κ3) is 5.05. The van der Waals surface area contributed by atoms with Crippen LogP contribution in [0.25, 0.3) is 6.08 Å². The summed E-state index contributed by atoms with van der Waals surface area (Å²) >= 11 is 0. The van der Waals surface area contributed by atoms with Crippen molar-refractivity contribution in [1.82, 2.24) is 5.32 Å². The third-order valence-electron chi connectivity index (χ3n) is 3.00. The molecule has 0 heterocycles. The van der Waals surface area contributed by atoms with E-state index in [0.29, 0.717) is 13.2 Å². The Balaban J connectivity index is 1.84. The predicted octanol–water partition coefficient (Wildman–Crippen LogP) is 3.55. The Kier molecular flexibility index (Phi) is 5.72. The highest BCUT2D eigenvalue weighted by Crippen LogP contribution is 2.13. The summed E-state index contributed by atoms with van der Waals surface area (Å²) in [6.07, 6.45) is 3.20. The fourth-order valence-electron chi connectivity index (χ4n) is 1.86. The molecule has 0 aromatic heterocycles. The standard InChI is InChI=1S/C18H18FNO2/c1-2-22-17-10-5-14(6-11-17)7-12-18(21)20-13-15-3-8-16(19)9-4-15/h3-12H,2,13H2,1H3,(H,20,21)/b12-7-. The number of carbonyl (C=O) groups excluding carboxylic acids is 1. The van der Waals surface area contributed by atoms with Crippen molar-refractivity contribution in [2.24, 2.45) is 0 Å². The quantitative estimate of drug-likeness (QED) is 0.828. The zero-order valence-corrected chi connectivity index (χ0v) is 12.4. The summed E-state index contributed by atoms with van der Waals surface area (Å²) < 4.78 is 18.1. The molecule has 1 N–H and O–H groups in total. The first-order valence-corrected chi connectivity index (χ1v) is 7.10. The Hall–Kier alpha value is -2.62. The molecule has 0 aliphatic heterocycles. The zero-order chi connectivity index (χ0) is 15.8. The smallest absolute Gasteiger partial charge is 0.244 e. The molecule has 0 aliphatic carbocycles. The SMILES string of the molecule is CCOc1ccc(/C=C\C(=O)NCc2ccc(F)cc2)cc1. The van der Waals surface area contributed by atoms with Crippen LogP contribution < -0.4 is 10.1 Å². The maximum absolute atomic E-state index is 12.8. The number of nitrogens with one attached hydrogen (secondary N) is 1. The summed E-state index contributed by atoms with van der Waals surface area (Å²) in [4.78, 5) is 11.7. The maximum atomic E-state index is 12.8. The molecular weight excluding hydrogens is 281 g/mol. The molecule has 114 valence electrons. The van der Waals surface area contributed by atoms with Crippen LogP contribution in [0.15, 0.2) is 54.6 Å². The van der Waals surface area contributed by atoms with Crippen molar-refractivity contribution < 1.29 is 13.9 Å². The van der Waals surface area contributed by atoms with Gasteiger partial charge < -0.3 is 10.1 Å². The Morgan fingerprint density at radius 3 is 2.45 bits per heavy atom. The Morgan fingerprint density at radius 1 is 1.14 bits per heavy atom. The van der Waals surface area contributed by atoms with Gasteiger partial charge in [-0.15, -0.1) is 0 Å². The summed E-state index contributed by atoms with van der Waals surface area (Å²) in [7, 11) is 0. The molecule has 2 rings (SSSR count). The van der Waals surface area contributed by atoms with E-state index in [9.17, 15) is 9.18 Å². The van der Waals surface area contributed by atoms with Crippen LogP contribution in [-0.4, -0.2) is 12.5 Å². The number of ether oxygens (including phenoxy) is 1. The molecule has 0 saturated carbocycles.